The van der Waals surface area contributed by atoms with Gasteiger partial charge in [0.1, 0.15) is 13.2 Å². The highest BCUT2D eigenvalue weighted by atomic mass is 31.2. The van der Waals surface area contributed by atoms with Crippen LogP contribution in [0.4, 0.5) is 0 Å². The van der Waals surface area contributed by atoms with Gasteiger partial charge in [-0.15, -0.1) is 0 Å². The molecule has 0 saturated heterocycles. The Kier molecular flexibility index (Phi) is 35.5. The Labute approximate surface area is 327 Å². The minimum absolute atomic E-state index is 0.0587. The number of aliphatic hydroxyl groups is 1. The van der Waals surface area contributed by atoms with E-state index in [9.17, 15) is 19.4 Å². The van der Waals surface area contributed by atoms with Crippen LogP contribution in [-0.2, 0) is 18.4 Å². The molecule has 0 aromatic heterocycles. The van der Waals surface area contributed by atoms with E-state index in [1.165, 1.54) is 116 Å². The number of carbonyl (C=O) groups is 1. The topological polar surface area (TPSA) is 105 Å². The molecule has 0 aliphatic heterocycles. The lowest BCUT2D eigenvalue weighted by Gasteiger charge is -2.25. The highest BCUT2D eigenvalue weighted by Crippen LogP contribution is 2.43. The number of quaternary nitrogens is 1. The first-order chi connectivity index (χ1) is 25.5. The number of aliphatic hydroxyl groups excluding tert-OH is 1. The van der Waals surface area contributed by atoms with Crippen molar-refractivity contribution in [1.82, 2.24) is 5.32 Å². The van der Waals surface area contributed by atoms with Crippen molar-refractivity contribution >= 4 is 13.7 Å². The van der Waals surface area contributed by atoms with Crippen molar-refractivity contribution in [2.75, 3.05) is 40.9 Å². The van der Waals surface area contributed by atoms with E-state index in [2.05, 4.69) is 43.5 Å². The van der Waals surface area contributed by atoms with E-state index < -0.39 is 20.0 Å². The third-order valence-electron chi connectivity index (χ3n) is 9.63. The number of phosphoric ester groups is 1. The molecule has 0 spiro atoms. The summed E-state index contributed by atoms with van der Waals surface area (Å²) in [5.41, 5.74) is 0. The van der Waals surface area contributed by atoms with Gasteiger partial charge in [-0.1, -0.05) is 172 Å². The van der Waals surface area contributed by atoms with Crippen LogP contribution < -0.4 is 5.32 Å². The second kappa shape index (κ2) is 36.4. The summed E-state index contributed by atoms with van der Waals surface area (Å²) in [4.78, 5) is 23.1. The van der Waals surface area contributed by atoms with Crippen molar-refractivity contribution in [3.8, 4) is 0 Å². The van der Waals surface area contributed by atoms with Crippen LogP contribution in [0.3, 0.4) is 0 Å². The van der Waals surface area contributed by atoms with Gasteiger partial charge in [-0.3, -0.25) is 13.8 Å². The summed E-state index contributed by atoms with van der Waals surface area (Å²) < 4.78 is 23.5. The second-order valence-electron chi connectivity index (χ2n) is 16.1. The molecule has 1 amide bonds. The minimum Gasteiger partial charge on any atom is -0.387 e. The van der Waals surface area contributed by atoms with Gasteiger partial charge >= 0.3 is 7.82 Å². The normalized spacial score (nSPS) is 14.8. The quantitative estimate of drug-likeness (QED) is 0.0189. The first-order valence-corrected chi connectivity index (χ1v) is 23.4. The Morgan fingerprint density at radius 3 is 1.55 bits per heavy atom. The molecule has 3 atom stereocenters. The average Bonchev–Trinajstić information content (AvgIpc) is 3.10. The number of unbranched alkanes of at least 4 members (excludes halogenated alkanes) is 23. The van der Waals surface area contributed by atoms with Gasteiger partial charge in [0.2, 0.25) is 5.91 Å². The van der Waals surface area contributed by atoms with E-state index in [1.54, 1.807) is 6.08 Å². The fraction of sp³-hybridized carbons (Fsp3) is 0.841. The molecule has 0 bridgehead atoms. The number of carbonyl (C=O) groups excluding carboxylic acids is 1. The van der Waals surface area contributed by atoms with Gasteiger partial charge in [0.05, 0.1) is 39.9 Å². The van der Waals surface area contributed by atoms with Crippen LogP contribution in [-0.4, -0.2) is 73.4 Å². The smallest absolute Gasteiger partial charge is 0.387 e. The zero-order valence-electron chi connectivity index (χ0n) is 35.3. The number of rotatable bonds is 39. The van der Waals surface area contributed by atoms with Crippen LogP contribution in [0, 0.1) is 0 Å². The third-order valence-corrected chi connectivity index (χ3v) is 10.6. The zero-order chi connectivity index (χ0) is 39.3. The van der Waals surface area contributed by atoms with Gasteiger partial charge < -0.3 is 19.8 Å². The van der Waals surface area contributed by atoms with Crippen molar-refractivity contribution in [3.63, 3.8) is 0 Å². The van der Waals surface area contributed by atoms with Crippen LogP contribution in [0.1, 0.15) is 187 Å². The van der Waals surface area contributed by atoms with Crippen molar-refractivity contribution in [2.24, 2.45) is 0 Å². The average molecular weight is 770 g/mol. The van der Waals surface area contributed by atoms with Crippen LogP contribution in [0.15, 0.2) is 36.5 Å². The molecule has 0 aliphatic carbocycles. The number of hydrogen-bond acceptors (Lipinski definition) is 5. The lowest BCUT2D eigenvalue weighted by molar-refractivity contribution is -0.870. The van der Waals surface area contributed by atoms with Crippen LogP contribution in [0.25, 0.3) is 0 Å². The van der Waals surface area contributed by atoms with Crippen LogP contribution in [0.5, 0.6) is 0 Å². The van der Waals surface area contributed by atoms with Crippen molar-refractivity contribution in [3.05, 3.63) is 36.5 Å². The molecule has 3 unspecified atom stereocenters. The molecule has 0 heterocycles. The van der Waals surface area contributed by atoms with E-state index in [1.807, 2.05) is 27.2 Å². The molecule has 312 valence electrons. The Bertz CT molecular complexity index is 964. The fourth-order valence-corrected chi connectivity index (χ4v) is 6.83. The number of likely N-dealkylation sites (N-methyl/N-ethyl adjacent to an activating group) is 1. The van der Waals surface area contributed by atoms with Crippen molar-refractivity contribution < 1.29 is 32.9 Å². The van der Waals surface area contributed by atoms with Crippen molar-refractivity contribution in [2.45, 2.75) is 199 Å². The zero-order valence-corrected chi connectivity index (χ0v) is 36.1. The van der Waals surface area contributed by atoms with E-state index in [4.69, 9.17) is 9.05 Å². The largest absolute Gasteiger partial charge is 0.472 e. The highest BCUT2D eigenvalue weighted by Gasteiger charge is 2.27. The lowest BCUT2D eigenvalue weighted by Crippen LogP contribution is -2.45. The Morgan fingerprint density at radius 2 is 1.06 bits per heavy atom. The summed E-state index contributed by atoms with van der Waals surface area (Å²) in [6.45, 7) is 4.77. The molecular weight excluding hydrogens is 683 g/mol. The fourth-order valence-electron chi connectivity index (χ4n) is 6.09. The predicted octanol–water partition coefficient (Wildman–Crippen LogP) is 11.9. The number of nitrogens with zero attached hydrogens (tertiary/aromatic N) is 1. The minimum atomic E-state index is -4.34. The first kappa shape index (κ1) is 51.7. The molecule has 0 aromatic rings. The highest BCUT2D eigenvalue weighted by molar-refractivity contribution is 7.47. The van der Waals surface area contributed by atoms with E-state index in [-0.39, 0.29) is 19.1 Å². The molecule has 53 heavy (non-hydrogen) atoms. The summed E-state index contributed by atoms with van der Waals surface area (Å²) in [6, 6.07) is -0.850. The Balaban J connectivity index is 4.47. The summed E-state index contributed by atoms with van der Waals surface area (Å²) in [5, 5.41) is 13.8. The maximum atomic E-state index is 12.8. The summed E-state index contributed by atoms with van der Waals surface area (Å²) in [5.74, 6) is -0.190. The monoisotopic (exact) mass is 770 g/mol. The maximum Gasteiger partial charge on any atom is 0.472 e. The summed E-state index contributed by atoms with van der Waals surface area (Å²) in [6.07, 6.45) is 43.4. The second-order valence-corrected chi connectivity index (χ2v) is 17.6. The molecule has 0 aliphatic rings. The number of phosphoric acid groups is 1. The predicted molar refractivity (Wildman–Crippen MR) is 226 cm³/mol. The van der Waals surface area contributed by atoms with Gasteiger partial charge in [-0.2, -0.15) is 0 Å². The van der Waals surface area contributed by atoms with Gasteiger partial charge in [-0.25, -0.2) is 4.57 Å². The van der Waals surface area contributed by atoms with E-state index >= 15 is 0 Å². The molecule has 9 heteroatoms. The molecule has 3 N–H and O–H groups in total. The summed E-state index contributed by atoms with van der Waals surface area (Å²) >= 11 is 0. The Hall–Kier alpha value is -1.28. The SMILES string of the molecule is CCCCC/C=C\C=C/CCCCCCCCC(=O)NC(COP(=O)(O)OCC[N+](C)(C)C)C(O)/C=C/CCCCCCCCCCCCCCCC. The molecular formula is C44H86N2O6P+. The van der Waals surface area contributed by atoms with Gasteiger partial charge in [0.15, 0.2) is 0 Å². The molecule has 0 aromatic carbocycles. The number of allylic oxidation sites excluding steroid dienone is 5. The van der Waals surface area contributed by atoms with E-state index in [0.717, 1.165) is 51.4 Å². The molecule has 0 radical (unpaired) electrons. The van der Waals surface area contributed by atoms with Crippen molar-refractivity contribution in [1.29, 1.82) is 0 Å². The Morgan fingerprint density at radius 1 is 0.642 bits per heavy atom. The van der Waals surface area contributed by atoms with E-state index in [0.29, 0.717) is 17.4 Å². The maximum absolute atomic E-state index is 12.8. The summed E-state index contributed by atoms with van der Waals surface area (Å²) in [7, 11) is 1.56. The standard InChI is InChI=1S/C44H85N2O6P/c1-6-8-10-12-14-16-18-20-22-24-25-27-29-31-33-35-37-43(47)42(41-52-53(49,50)51-40-39-46(3,4)5)45-44(48)38-36-34-32-30-28-26-23-21-19-17-15-13-11-9-7-2/h15,17,19,21,35,37,42-43,47H,6-14,16,18,20,22-34,36,38-41H2,1-5H3,(H-,45,48,49,50)/p+1/b17-15-,21-19-,37-35+. The molecule has 0 saturated carbocycles. The number of nitrogens with one attached hydrogen (secondary N) is 1. The van der Waals surface area contributed by atoms with Gasteiger partial charge in [-0.05, 0) is 44.9 Å². The number of amides is 1. The number of hydrogen-bond donors (Lipinski definition) is 3. The molecule has 8 nitrogen and oxygen atoms in total. The molecule has 0 rings (SSSR count). The third kappa shape index (κ3) is 38.8. The lowest BCUT2D eigenvalue weighted by atomic mass is 10.0. The first-order valence-electron chi connectivity index (χ1n) is 21.9. The van der Waals surface area contributed by atoms with Gasteiger partial charge in [0, 0.05) is 6.42 Å². The van der Waals surface area contributed by atoms with Crippen LogP contribution in [0.2, 0.25) is 0 Å². The molecule has 0 fully saturated rings. The van der Waals surface area contributed by atoms with Gasteiger partial charge in [0.25, 0.3) is 0 Å². The van der Waals surface area contributed by atoms with Crippen LogP contribution >= 0.6 is 7.82 Å².